The molecular formula is C15H19N5O2. The topological polar surface area (TPSA) is 92.1 Å². The minimum atomic E-state index is -0.253. The Morgan fingerprint density at radius 2 is 2.32 bits per heavy atom. The van der Waals surface area contributed by atoms with Gasteiger partial charge in [0, 0.05) is 7.05 Å². The first kappa shape index (κ1) is 14.4. The number of phenolic OH excluding ortho intramolecular Hbond substituents is 1. The number of urea groups is 1. The van der Waals surface area contributed by atoms with Crippen LogP contribution in [0, 0.1) is 0 Å². The van der Waals surface area contributed by atoms with Gasteiger partial charge in [-0.05, 0) is 37.0 Å². The molecule has 0 spiro atoms. The van der Waals surface area contributed by atoms with E-state index in [0.29, 0.717) is 11.6 Å². The van der Waals surface area contributed by atoms with Crippen molar-refractivity contribution in [1.82, 2.24) is 25.4 Å². The van der Waals surface area contributed by atoms with Gasteiger partial charge in [0.25, 0.3) is 0 Å². The highest BCUT2D eigenvalue weighted by atomic mass is 16.3. The van der Waals surface area contributed by atoms with Crippen LogP contribution in [0.4, 0.5) is 4.79 Å². The Bertz CT molecular complexity index is 697. The highest BCUT2D eigenvalue weighted by molar-refractivity contribution is 5.75. The van der Waals surface area contributed by atoms with E-state index in [1.807, 2.05) is 20.0 Å². The monoisotopic (exact) mass is 301 g/mol. The van der Waals surface area contributed by atoms with Crippen LogP contribution in [0.3, 0.4) is 0 Å². The van der Waals surface area contributed by atoms with Crippen LogP contribution < -0.4 is 10.6 Å². The molecule has 7 heteroatoms. The second-order valence-corrected chi connectivity index (χ2v) is 5.58. The van der Waals surface area contributed by atoms with Gasteiger partial charge < -0.3 is 20.3 Å². The Kier molecular flexibility index (Phi) is 3.70. The molecule has 0 fully saturated rings. The summed E-state index contributed by atoms with van der Waals surface area (Å²) in [7, 11) is 1.83. The molecule has 1 aromatic heterocycles. The van der Waals surface area contributed by atoms with Crippen LogP contribution in [0.2, 0.25) is 0 Å². The van der Waals surface area contributed by atoms with Crippen LogP contribution in [0.1, 0.15) is 42.4 Å². The number of aromatic nitrogens is 3. The van der Waals surface area contributed by atoms with Crippen molar-refractivity contribution in [2.75, 3.05) is 0 Å². The molecule has 1 heterocycles. The number of hydrogen-bond donors (Lipinski definition) is 3. The lowest BCUT2D eigenvalue weighted by Gasteiger charge is -2.18. The number of benzene rings is 1. The fourth-order valence-corrected chi connectivity index (χ4v) is 2.93. The molecule has 1 aromatic carbocycles. The van der Waals surface area contributed by atoms with Crippen LogP contribution in [0.15, 0.2) is 24.5 Å². The third-order valence-electron chi connectivity index (χ3n) is 4.03. The molecule has 2 amide bonds. The molecule has 2 aromatic rings. The first-order valence-electron chi connectivity index (χ1n) is 7.28. The zero-order chi connectivity index (χ0) is 15.7. The molecule has 3 N–H and O–H groups in total. The molecule has 0 unspecified atom stereocenters. The lowest BCUT2D eigenvalue weighted by Crippen LogP contribution is -2.39. The molecule has 22 heavy (non-hydrogen) atoms. The minimum absolute atomic E-state index is 0.0752. The van der Waals surface area contributed by atoms with Crippen molar-refractivity contribution in [3.8, 4) is 5.75 Å². The minimum Gasteiger partial charge on any atom is -0.508 e. The zero-order valence-electron chi connectivity index (χ0n) is 12.6. The summed E-state index contributed by atoms with van der Waals surface area (Å²) in [5.41, 5.74) is 1.91. The van der Waals surface area contributed by atoms with E-state index >= 15 is 0 Å². The van der Waals surface area contributed by atoms with Gasteiger partial charge in [-0.2, -0.15) is 0 Å². The van der Waals surface area contributed by atoms with Crippen LogP contribution in [0.5, 0.6) is 5.75 Å². The van der Waals surface area contributed by atoms with Gasteiger partial charge in [0.2, 0.25) is 0 Å². The summed E-state index contributed by atoms with van der Waals surface area (Å²) in [6.45, 7) is 1.86. The standard InChI is InChI=1S/C15H19N5O2/c1-9(14-19-16-8-20(14)2)17-15(22)18-12-7-6-11-10(12)4-3-5-13(11)21/h3-5,8-9,12,21H,6-7H2,1-2H3,(H2,17,18,22)/t9-,12+/m1/s1. The predicted molar refractivity (Wildman–Crippen MR) is 80.3 cm³/mol. The number of fused-ring (bicyclic) bond motifs is 1. The van der Waals surface area contributed by atoms with E-state index in [2.05, 4.69) is 20.8 Å². The maximum Gasteiger partial charge on any atom is 0.315 e. The Labute approximate surface area is 128 Å². The molecule has 0 radical (unpaired) electrons. The normalized spacial score (nSPS) is 17.8. The van der Waals surface area contributed by atoms with Crippen molar-refractivity contribution in [3.63, 3.8) is 0 Å². The van der Waals surface area contributed by atoms with Gasteiger partial charge in [-0.15, -0.1) is 10.2 Å². The first-order chi connectivity index (χ1) is 10.6. The second-order valence-electron chi connectivity index (χ2n) is 5.58. The number of nitrogens with zero attached hydrogens (tertiary/aromatic N) is 3. The number of hydrogen-bond acceptors (Lipinski definition) is 4. The summed E-state index contributed by atoms with van der Waals surface area (Å²) >= 11 is 0. The van der Waals surface area contributed by atoms with E-state index in [0.717, 1.165) is 24.0 Å². The van der Waals surface area contributed by atoms with Crippen LogP contribution >= 0.6 is 0 Å². The van der Waals surface area contributed by atoms with Gasteiger partial charge in [-0.3, -0.25) is 0 Å². The molecule has 116 valence electrons. The molecule has 7 nitrogen and oxygen atoms in total. The Hall–Kier alpha value is -2.57. The third kappa shape index (κ3) is 2.61. The van der Waals surface area contributed by atoms with Crippen molar-refractivity contribution in [3.05, 3.63) is 41.5 Å². The van der Waals surface area contributed by atoms with Gasteiger partial charge in [0.15, 0.2) is 5.82 Å². The van der Waals surface area contributed by atoms with Crippen molar-refractivity contribution in [1.29, 1.82) is 0 Å². The molecule has 1 aliphatic rings. The highest BCUT2D eigenvalue weighted by Gasteiger charge is 2.26. The van der Waals surface area contributed by atoms with Crippen LogP contribution in [-0.4, -0.2) is 25.9 Å². The van der Waals surface area contributed by atoms with E-state index in [1.165, 1.54) is 0 Å². The smallest absolute Gasteiger partial charge is 0.315 e. The molecule has 0 saturated carbocycles. The van der Waals surface area contributed by atoms with Gasteiger partial charge >= 0.3 is 6.03 Å². The number of rotatable bonds is 3. The largest absolute Gasteiger partial charge is 0.508 e. The second kappa shape index (κ2) is 5.67. The first-order valence-corrected chi connectivity index (χ1v) is 7.28. The van der Waals surface area contributed by atoms with E-state index in [-0.39, 0.29) is 18.1 Å². The SMILES string of the molecule is C[C@@H](NC(=O)N[C@H]1CCc2c(O)cccc21)c1nncn1C. The Morgan fingerprint density at radius 1 is 1.50 bits per heavy atom. The van der Waals surface area contributed by atoms with E-state index in [4.69, 9.17) is 0 Å². The van der Waals surface area contributed by atoms with Crippen molar-refractivity contribution in [2.45, 2.75) is 31.8 Å². The molecule has 1 aliphatic carbocycles. The number of nitrogens with one attached hydrogen (secondary N) is 2. The highest BCUT2D eigenvalue weighted by Crippen LogP contribution is 2.36. The summed E-state index contributed by atoms with van der Waals surface area (Å²) in [6.07, 6.45) is 3.16. The van der Waals surface area contributed by atoms with Gasteiger partial charge in [-0.25, -0.2) is 4.79 Å². The van der Waals surface area contributed by atoms with Gasteiger partial charge in [-0.1, -0.05) is 12.1 Å². The van der Waals surface area contributed by atoms with Crippen molar-refractivity contribution >= 4 is 6.03 Å². The summed E-state index contributed by atoms with van der Waals surface area (Å²) in [6, 6.07) is 4.85. The number of amides is 2. The van der Waals surface area contributed by atoms with Gasteiger partial charge in [0.05, 0.1) is 12.1 Å². The maximum absolute atomic E-state index is 12.2. The predicted octanol–water partition coefficient (Wildman–Crippen LogP) is 1.57. The number of phenols is 1. The van der Waals surface area contributed by atoms with E-state index in [9.17, 15) is 9.90 Å². The van der Waals surface area contributed by atoms with E-state index in [1.54, 1.807) is 23.0 Å². The number of aromatic hydroxyl groups is 1. The Balaban J connectivity index is 1.64. The molecular weight excluding hydrogens is 282 g/mol. The van der Waals surface area contributed by atoms with Gasteiger partial charge in [0.1, 0.15) is 12.1 Å². The quantitative estimate of drug-likeness (QED) is 0.802. The summed E-state index contributed by atoms with van der Waals surface area (Å²) < 4.78 is 1.77. The number of aryl methyl sites for hydroxylation is 1. The average molecular weight is 301 g/mol. The number of carbonyl (C=O) groups excluding carboxylic acids is 1. The van der Waals surface area contributed by atoms with Crippen LogP contribution in [-0.2, 0) is 13.5 Å². The fraction of sp³-hybridized carbons (Fsp3) is 0.400. The van der Waals surface area contributed by atoms with E-state index < -0.39 is 0 Å². The van der Waals surface area contributed by atoms with Crippen molar-refractivity contribution in [2.24, 2.45) is 7.05 Å². The molecule has 0 bridgehead atoms. The summed E-state index contributed by atoms with van der Waals surface area (Å²) in [4.78, 5) is 12.2. The lowest BCUT2D eigenvalue weighted by atomic mass is 10.1. The van der Waals surface area contributed by atoms with Crippen molar-refractivity contribution < 1.29 is 9.90 Å². The fourth-order valence-electron chi connectivity index (χ4n) is 2.93. The molecule has 3 rings (SSSR count). The molecule has 2 atom stereocenters. The van der Waals surface area contributed by atoms with Crippen LogP contribution in [0.25, 0.3) is 0 Å². The average Bonchev–Trinajstić information content (AvgIpc) is 3.06. The third-order valence-corrected chi connectivity index (χ3v) is 4.03. The molecule has 0 aliphatic heterocycles. The summed E-state index contributed by atoms with van der Waals surface area (Å²) in [5.74, 6) is 0.995. The molecule has 0 saturated heterocycles. The lowest BCUT2D eigenvalue weighted by molar-refractivity contribution is 0.233. The maximum atomic E-state index is 12.2. The number of carbonyl (C=O) groups is 1. The Morgan fingerprint density at radius 3 is 3.05 bits per heavy atom. The zero-order valence-corrected chi connectivity index (χ0v) is 12.6. The summed E-state index contributed by atoms with van der Waals surface area (Å²) in [5, 5.41) is 23.4.